The summed E-state index contributed by atoms with van der Waals surface area (Å²) in [4.78, 5) is 22.0. The topological polar surface area (TPSA) is 84.1 Å². The zero-order chi connectivity index (χ0) is 26.7. The van der Waals surface area contributed by atoms with Crippen LogP contribution in [0.15, 0.2) is 60.5 Å². The van der Waals surface area contributed by atoms with E-state index in [-0.39, 0.29) is 35.5 Å². The number of aliphatic hydroxyl groups is 1. The SMILES string of the molecule is Cc1ccsc1CN1CCC2(CC1)CCN(Cc1ccc(C(O)C(Cc3ncc[nH]3)Cc3ncc[nH]3)cc1)C2.[Na]. The minimum Gasteiger partial charge on any atom is -0.388 e. The van der Waals surface area contributed by atoms with Crippen molar-refractivity contribution in [2.45, 2.75) is 58.2 Å². The Labute approximate surface area is 263 Å². The van der Waals surface area contributed by atoms with Gasteiger partial charge in [-0.25, -0.2) is 9.97 Å². The Morgan fingerprint density at radius 2 is 1.52 bits per heavy atom. The molecule has 40 heavy (non-hydrogen) atoms. The maximum atomic E-state index is 11.3. The number of aromatic nitrogens is 4. The molecule has 3 aromatic heterocycles. The minimum atomic E-state index is -0.590. The van der Waals surface area contributed by atoms with Gasteiger partial charge in [0.2, 0.25) is 0 Å². The number of imidazole rings is 2. The number of nitrogens with zero attached hydrogens (tertiary/aromatic N) is 4. The molecule has 1 radical (unpaired) electrons. The van der Waals surface area contributed by atoms with Crippen LogP contribution in [0.2, 0.25) is 0 Å². The maximum Gasteiger partial charge on any atom is 0.106 e. The van der Waals surface area contributed by atoms with Crippen molar-refractivity contribution in [3.8, 4) is 0 Å². The molecule has 2 aliphatic rings. The Hall–Kier alpha value is -1.78. The van der Waals surface area contributed by atoms with Gasteiger partial charge in [-0.15, -0.1) is 11.3 Å². The predicted molar refractivity (Wildman–Crippen MR) is 161 cm³/mol. The fourth-order valence-corrected chi connectivity index (χ4v) is 7.43. The number of aryl methyl sites for hydroxylation is 1. The molecule has 9 heteroatoms. The number of aliphatic hydroxyl groups excluding tert-OH is 1. The van der Waals surface area contributed by atoms with Gasteiger partial charge in [0.15, 0.2) is 0 Å². The molecule has 0 saturated carbocycles. The molecule has 207 valence electrons. The second kappa shape index (κ2) is 13.5. The van der Waals surface area contributed by atoms with Gasteiger partial charge in [-0.3, -0.25) is 9.80 Å². The number of benzene rings is 1. The third-order valence-corrected chi connectivity index (χ3v) is 9.97. The first-order chi connectivity index (χ1) is 19.1. The van der Waals surface area contributed by atoms with Gasteiger partial charge in [-0.05, 0) is 79.4 Å². The molecule has 1 spiro atoms. The first kappa shape index (κ1) is 29.7. The van der Waals surface area contributed by atoms with Crippen molar-refractivity contribution in [2.24, 2.45) is 11.3 Å². The number of hydrogen-bond acceptors (Lipinski definition) is 6. The molecule has 6 rings (SSSR count). The molecule has 5 heterocycles. The number of hydrogen-bond donors (Lipinski definition) is 3. The van der Waals surface area contributed by atoms with Crippen molar-refractivity contribution >= 4 is 40.9 Å². The average Bonchev–Trinajstić information content (AvgIpc) is 3.77. The third-order valence-electron chi connectivity index (χ3n) is 8.96. The Bertz CT molecular complexity index is 1260. The van der Waals surface area contributed by atoms with Crippen LogP contribution in [0.25, 0.3) is 0 Å². The summed E-state index contributed by atoms with van der Waals surface area (Å²) in [5.74, 6) is 1.75. The van der Waals surface area contributed by atoms with Crippen LogP contribution < -0.4 is 0 Å². The van der Waals surface area contributed by atoms with Crippen LogP contribution in [0.3, 0.4) is 0 Å². The first-order valence-corrected chi connectivity index (χ1v) is 15.1. The second-order valence-corrected chi connectivity index (χ2v) is 12.7. The molecular weight excluding hydrogens is 527 g/mol. The van der Waals surface area contributed by atoms with E-state index in [0.29, 0.717) is 18.3 Å². The summed E-state index contributed by atoms with van der Waals surface area (Å²) in [5, 5.41) is 13.6. The molecule has 4 aromatic rings. The Morgan fingerprint density at radius 3 is 2.08 bits per heavy atom. The van der Waals surface area contributed by atoms with Crippen LogP contribution in [-0.4, -0.2) is 90.6 Å². The quantitative estimate of drug-likeness (QED) is 0.241. The number of aromatic amines is 2. The molecule has 7 nitrogen and oxygen atoms in total. The number of rotatable bonds is 10. The van der Waals surface area contributed by atoms with Gasteiger partial charge in [0, 0.05) is 97.6 Å². The summed E-state index contributed by atoms with van der Waals surface area (Å²) in [6.45, 7) is 9.16. The van der Waals surface area contributed by atoms with Gasteiger partial charge in [-0.1, -0.05) is 24.3 Å². The fourth-order valence-electron chi connectivity index (χ4n) is 6.49. The monoisotopic (exact) mass is 567 g/mol. The molecule has 2 saturated heterocycles. The summed E-state index contributed by atoms with van der Waals surface area (Å²) in [6.07, 6.45) is 11.9. The molecule has 1 atom stereocenters. The van der Waals surface area contributed by atoms with Crippen molar-refractivity contribution in [1.29, 1.82) is 0 Å². The second-order valence-electron chi connectivity index (χ2n) is 11.7. The van der Waals surface area contributed by atoms with E-state index in [0.717, 1.165) is 30.3 Å². The standard InChI is InChI=1S/C31H40N6OS.Na/c1-23-6-17-39-27(23)21-36-14-7-31(8-15-36)9-16-37(22-31)20-24-2-4-25(5-3-24)30(38)26(18-28-32-10-11-33-28)19-29-34-12-13-35-29;/h2-6,10-13,17,26,30,38H,7-9,14-16,18-22H2,1H3,(H,32,33)(H,34,35);. The third kappa shape index (κ3) is 7.16. The Kier molecular flexibility index (Phi) is 10.00. The van der Waals surface area contributed by atoms with Gasteiger partial charge in [0.05, 0.1) is 6.10 Å². The molecule has 2 aliphatic heterocycles. The van der Waals surface area contributed by atoms with Crippen molar-refractivity contribution in [2.75, 3.05) is 26.2 Å². The molecule has 0 amide bonds. The van der Waals surface area contributed by atoms with Crippen LogP contribution in [0.4, 0.5) is 0 Å². The van der Waals surface area contributed by atoms with Crippen LogP contribution >= 0.6 is 11.3 Å². The summed E-state index contributed by atoms with van der Waals surface area (Å²) in [6, 6.07) is 10.9. The Balaban J connectivity index is 0.00000323. The zero-order valence-electron chi connectivity index (χ0n) is 23.9. The smallest absolute Gasteiger partial charge is 0.106 e. The van der Waals surface area contributed by atoms with Crippen LogP contribution in [0.5, 0.6) is 0 Å². The van der Waals surface area contributed by atoms with Crippen molar-refractivity contribution in [3.05, 3.63) is 93.7 Å². The van der Waals surface area contributed by atoms with Crippen molar-refractivity contribution < 1.29 is 5.11 Å². The molecule has 0 aliphatic carbocycles. The molecule has 3 N–H and O–H groups in total. The first-order valence-electron chi connectivity index (χ1n) is 14.3. The summed E-state index contributed by atoms with van der Waals surface area (Å²) in [5.41, 5.74) is 4.20. The maximum absolute atomic E-state index is 11.3. The zero-order valence-corrected chi connectivity index (χ0v) is 26.7. The van der Waals surface area contributed by atoms with E-state index in [4.69, 9.17) is 0 Å². The van der Waals surface area contributed by atoms with E-state index in [1.54, 1.807) is 12.4 Å². The van der Waals surface area contributed by atoms with Crippen LogP contribution in [0, 0.1) is 18.3 Å². The van der Waals surface area contributed by atoms with E-state index >= 15 is 0 Å². The van der Waals surface area contributed by atoms with Crippen LogP contribution in [-0.2, 0) is 25.9 Å². The van der Waals surface area contributed by atoms with Gasteiger partial charge < -0.3 is 15.1 Å². The normalized spacial score (nSPS) is 18.4. The summed E-state index contributed by atoms with van der Waals surface area (Å²) in [7, 11) is 0. The molecular formula is C31H40N6NaOS. The van der Waals surface area contributed by atoms with E-state index in [1.165, 1.54) is 61.4 Å². The number of nitrogens with one attached hydrogen (secondary N) is 2. The number of H-pyrrole nitrogens is 2. The summed E-state index contributed by atoms with van der Waals surface area (Å²) >= 11 is 1.90. The number of piperidine rings is 1. The Morgan fingerprint density at radius 1 is 0.900 bits per heavy atom. The van der Waals surface area contributed by atoms with Crippen LogP contribution in [0.1, 0.15) is 58.6 Å². The largest absolute Gasteiger partial charge is 0.388 e. The van der Waals surface area contributed by atoms with Gasteiger partial charge >= 0.3 is 0 Å². The van der Waals surface area contributed by atoms with Gasteiger partial charge in [0.25, 0.3) is 0 Å². The fraction of sp³-hybridized carbons (Fsp3) is 0.484. The van der Waals surface area contributed by atoms with Crippen molar-refractivity contribution in [1.82, 2.24) is 29.7 Å². The minimum absolute atomic E-state index is 0. The van der Waals surface area contributed by atoms with Crippen molar-refractivity contribution in [3.63, 3.8) is 0 Å². The molecule has 1 unspecified atom stereocenters. The van der Waals surface area contributed by atoms with E-state index in [1.807, 2.05) is 23.7 Å². The van der Waals surface area contributed by atoms with E-state index in [2.05, 4.69) is 72.4 Å². The van der Waals surface area contributed by atoms with E-state index in [9.17, 15) is 5.11 Å². The molecule has 1 aromatic carbocycles. The summed E-state index contributed by atoms with van der Waals surface area (Å²) < 4.78 is 0. The number of thiophene rings is 1. The van der Waals surface area contributed by atoms with Gasteiger partial charge in [0.1, 0.15) is 11.6 Å². The molecule has 2 fully saturated rings. The van der Waals surface area contributed by atoms with E-state index < -0.39 is 6.10 Å². The average molecular weight is 568 g/mol. The number of likely N-dealkylation sites (tertiary alicyclic amines) is 2. The van der Waals surface area contributed by atoms with Gasteiger partial charge in [-0.2, -0.15) is 0 Å². The predicted octanol–water partition coefficient (Wildman–Crippen LogP) is 4.75. The molecule has 0 bridgehead atoms.